The van der Waals surface area contributed by atoms with E-state index in [2.05, 4.69) is 39.2 Å². The maximum absolute atomic E-state index is 13.0. The molecule has 1 aliphatic rings. The van der Waals surface area contributed by atoms with Gasteiger partial charge in [-0.05, 0) is 24.5 Å². The number of amides is 1. The van der Waals surface area contributed by atoms with Crippen LogP contribution in [0.1, 0.15) is 41.4 Å². The number of halogens is 2. The number of rotatable bonds is 10. The molecule has 6 nitrogen and oxygen atoms in total. The number of nitrogens with one attached hydrogen (secondary N) is 2. The zero-order valence-corrected chi connectivity index (χ0v) is 19.7. The standard InChI is InChI=1S/C24H31F2N5OS/c1-2-3-6-18(13-17-14-27-20-8-5-4-7-19(17)20)29-23(32)21-15-28-24(33-21)31-11-9-30(10-12-31)16-22(25)26/h4-5,7-8,14-15,18,22,27H,2-3,6,9-13,16H2,1H3,(H,29,32). The van der Waals surface area contributed by atoms with Crippen molar-refractivity contribution in [2.45, 2.75) is 45.1 Å². The molecule has 2 aromatic heterocycles. The molecule has 0 aliphatic carbocycles. The number of thiazole rings is 1. The lowest BCUT2D eigenvalue weighted by atomic mass is 10.0. The largest absolute Gasteiger partial charge is 0.361 e. The Morgan fingerprint density at radius 3 is 2.79 bits per heavy atom. The van der Waals surface area contributed by atoms with Crippen LogP contribution in [0.15, 0.2) is 36.7 Å². The minimum Gasteiger partial charge on any atom is -0.361 e. The quantitative estimate of drug-likeness (QED) is 0.452. The Balaban J connectivity index is 1.38. The maximum Gasteiger partial charge on any atom is 0.263 e. The van der Waals surface area contributed by atoms with Crippen molar-refractivity contribution >= 4 is 33.3 Å². The Bertz CT molecular complexity index is 1040. The van der Waals surface area contributed by atoms with Gasteiger partial charge in [-0.2, -0.15) is 0 Å². The normalized spacial score (nSPS) is 15.9. The second kappa shape index (κ2) is 11.1. The molecular formula is C24H31F2N5OS. The number of benzene rings is 1. The molecule has 3 heterocycles. The number of hydrogen-bond donors (Lipinski definition) is 2. The highest BCUT2D eigenvalue weighted by atomic mass is 32.1. The van der Waals surface area contributed by atoms with Gasteiger partial charge < -0.3 is 15.2 Å². The topological polar surface area (TPSA) is 64.3 Å². The van der Waals surface area contributed by atoms with Gasteiger partial charge in [0.05, 0.1) is 12.7 Å². The van der Waals surface area contributed by atoms with E-state index in [0.717, 1.165) is 36.3 Å². The van der Waals surface area contributed by atoms with E-state index in [1.807, 2.05) is 18.3 Å². The Kier molecular flexibility index (Phi) is 7.93. The predicted molar refractivity (Wildman–Crippen MR) is 130 cm³/mol. The van der Waals surface area contributed by atoms with E-state index < -0.39 is 6.43 Å². The van der Waals surface area contributed by atoms with Gasteiger partial charge in [0.2, 0.25) is 0 Å². The third-order valence-corrected chi connectivity index (χ3v) is 7.20. The van der Waals surface area contributed by atoms with Crippen molar-refractivity contribution in [3.8, 4) is 0 Å². The van der Waals surface area contributed by atoms with Crippen molar-refractivity contribution in [2.24, 2.45) is 0 Å². The number of alkyl halides is 2. The smallest absolute Gasteiger partial charge is 0.263 e. The fraction of sp³-hybridized carbons (Fsp3) is 0.500. The number of carbonyl (C=O) groups is 1. The van der Waals surface area contributed by atoms with Crippen LogP contribution in [0, 0.1) is 0 Å². The van der Waals surface area contributed by atoms with E-state index in [4.69, 9.17) is 0 Å². The average Bonchev–Trinajstić information content (AvgIpc) is 3.46. The van der Waals surface area contributed by atoms with Gasteiger partial charge in [0, 0.05) is 49.3 Å². The van der Waals surface area contributed by atoms with Crippen molar-refractivity contribution < 1.29 is 13.6 Å². The molecule has 0 saturated carbocycles. The summed E-state index contributed by atoms with van der Waals surface area (Å²) in [5, 5.41) is 5.19. The Hall–Kier alpha value is -2.52. The summed E-state index contributed by atoms with van der Waals surface area (Å²) >= 11 is 1.37. The average molecular weight is 476 g/mol. The summed E-state index contributed by atoms with van der Waals surface area (Å²) in [5.74, 6) is -0.101. The molecule has 1 atom stereocenters. The lowest BCUT2D eigenvalue weighted by Crippen LogP contribution is -2.47. The van der Waals surface area contributed by atoms with Crippen LogP contribution in [0.3, 0.4) is 0 Å². The molecule has 1 fully saturated rings. The summed E-state index contributed by atoms with van der Waals surface area (Å²) < 4.78 is 25.2. The number of H-pyrrole nitrogens is 1. The summed E-state index contributed by atoms with van der Waals surface area (Å²) in [7, 11) is 0. The predicted octanol–water partition coefficient (Wildman–Crippen LogP) is 4.54. The molecule has 4 rings (SSSR count). The fourth-order valence-corrected chi connectivity index (χ4v) is 5.20. The first kappa shape index (κ1) is 23.6. The van der Waals surface area contributed by atoms with Crippen molar-refractivity contribution in [3.05, 3.63) is 47.1 Å². The zero-order chi connectivity index (χ0) is 23.2. The van der Waals surface area contributed by atoms with Crippen molar-refractivity contribution in [3.63, 3.8) is 0 Å². The lowest BCUT2D eigenvalue weighted by Gasteiger charge is -2.34. The minimum absolute atomic E-state index is 0.0418. The number of aromatic amines is 1. The first-order chi connectivity index (χ1) is 16.0. The van der Waals surface area contributed by atoms with Gasteiger partial charge in [-0.3, -0.25) is 9.69 Å². The summed E-state index contributed by atoms with van der Waals surface area (Å²) in [4.78, 5) is 25.2. The highest BCUT2D eigenvalue weighted by Gasteiger charge is 2.23. The van der Waals surface area contributed by atoms with Gasteiger partial charge in [0.25, 0.3) is 12.3 Å². The molecule has 2 N–H and O–H groups in total. The van der Waals surface area contributed by atoms with Crippen LogP contribution in [0.5, 0.6) is 0 Å². The van der Waals surface area contributed by atoms with Crippen LogP contribution in [-0.4, -0.2) is 66.0 Å². The van der Waals surface area contributed by atoms with Crippen LogP contribution in [-0.2, 0) is 6.42 Å². The first-order valence-electron chi connectivity index (χ1n) is 11.6. The Morgan fingerprint density at radius 1 is 1.24 bits per heavy atom. The number of piperazine rings is 1. The van der Waals surface area contributed by atoms with Crippen LogP contribution < -0.4 is 10.2 Å². The second-order valence-electron chi connectivity index (χ2n) is 8.56. The van der Waals surface area contributed by atoms with E-state index >= 15 is 0 Å². The number of hydrogen-bond acceptors (Lipinski definition) is 5. The number of para-hydroxylation sites is 1. The van der Waals surface area contributed by atoms with Crippen molar-refractivity contribution in [1.29, 1.82) is 0 Å². The molecule has 33 heavy (non-hydrogen) atoms. The Labute approximate surface area is 197 Å². The lowest BCUT2D eigenvalue weighted by molar-refractivity contribution is 0.0854. The number of fused-ring (bicyclic) bond motifs is 1. The maximum atomic E-state index is 13.0. The van der Waals surface area contributed by atoms with Crippen LogP contribution in [0.2, 0.25) is 0 Å². The molecule has 9 heteroatoms. The van der Waals surface area contributed by atoms with Gasteiger partial charge in [-0.1, -0.05) is 49.3 Å². The van der Waals surface area contributed by atoms with E-state index in [9.17, 15) is 13.6 Å². The van der Waals surface area contributed by atoms with Gasteiger partial charge in [0.15, 0.2) is 5.13 Å². The molecule has 0 spiro atoms. The fourth-order valence-electron chi connectivity index (χ4n) is 4.33. The number of carbonyl (C=O) groups excluding carboxylic acids is 1. The number of aromatic nitrogens is 2. The van der Waals surface area contributed by atoms with E-state index in [0.29, 0.717) is 31.1 Å². The van der Waals surface area contributed by atoms with E-state index in [1.54, 1.807) is 11.1 Å². The van der Waals surface area contributed by atoms with E-state index in [1.165, 1.54) is 22.3 Å². The monoisotopic (exact) mass is 475 g/mol. The van der Waals surface area contributed by atoms with Crippen LogP contribution >= 0.6 is 11.3 Å². The summed E-state index contributed by atoms with van der Waals surface area (Å²) in [6.07, 6.45) is 5.16. The molecule has 1 amide bonds. The molecule has 3 aromatic rings. The van der Waals surface area contributed by atoms with Gasteiger partial charge in [-0.25, -0.2) is 13.8 Å². The molecule has 0 radical (unpaired) electrons. The molecule has 178 valence electrons. The minimum atomic E-state index is -2.31. The van der Waals surface area contributed by atoms with Gasteiger partial charge >= 0.3 is 0 Å². The Morgan fingerprint density at radius 2 is 2.03 bits per heavy atom. The van der Waals surface area contributed by atoms with Crippen molar-refractivity contribution in [1.82, 2.24) is 20.2 Å². The highest BCUT2D eigenvalue weighted by Crippen LogP contribution is 2.25. The molecule has 0 bridgehead atoms. The van der Waals surface area contributed by atoms with Crippen LogP contribution in [0.25, 0.3) is 10.9 Å². The number of unbranched alkanes of at least 4 members (excludes halogenated alkanes) is 1. The third-order valence-electron chi connectivity index (χ3n) is 6.14. The number of anilines is 1. The third kappa shape index (κ3) is 6.09. The molecule has 1 saturated heterocycles. The summed E-state index contributed by atoms with van der Waals surface area (Å²) in [6.45, 7) is 4.41. The summed E-state index contributed by atoms with van der Waals surface area (Å²) in [5.41, 5.74) is 2.31. The molecular weight excluding hydrogens is 444 g/mol. The second-order valence-corrected chi connectivity index (χ2v) is 9.57. The molecule has 1 unspecified atom stereocenters. The highest BCUT2D eigenvalue weighted by molar-refractivity contribution is 7.17. The molecule has 1 aromatic carbocycles. The zero-order valence-electron chi connectivity index (χ0n) is 18.9. The van der Waals surface area contributed by atoms with Crippen LogP contribution in [0.4, 0.5) is 13.9 Å². The summed E-state index contributed by atoms with van der Waals surface area (Å²) in [6, 6.07) is 8.26. The SMILES string of the molecule is CCCCC(Cc1c[nH]c2ccccc12)NC(=O)c1cnc(N2CCN(CC(F)F)CC2)s1. The van der Waals surface area contributed by atoms with Crippen molar-refractivity contribution in [2.75, 3.05) is 37.6 Å². The van der Waals surface area contributed by atoms with E-state index in [-0.39, 0.29) is 18.5 Å². The first-order valence-corrected chi connectivity index (χ1v) is 12.4. The molecule has 1 aliphatic heterocycles. The number of nitrogens with zero attached hydrogens (tertiary/aromatic N) is 3. The van der Waals surface area contributed by atoms with Gasteiger partial charge in [0.1, 0.15) is 4.88 Å². The van der Waals surface area contributed by atoms with Gasteiger partial charge in [-0.15, -0.1) is 0 Å².